The molecule has 196 valence electrons. The summed E-state index contributed by atoms with van der Waals surface area (Å²) >= 11 is 0. The van der Waals surface area contributed by atoms with Crippen molar-refractivity contribution >= 4 is 12.0 Å². The maximum Gasteiger partial charge on any atom is 0.303 e. The van der Waals surface area contributed by atoms with Gasteiger partial charge in [-0.1, -0.05) is 56.3 Å². The van der Waals surface area contributed by atoms with Crippen LogP contribution < -0.4 is 4.74 Å². The number of hydrogen-bond donors (Lipinski definition) is 3. The lowest BCUT2D eigenvalue weighted by Crippen LogP contribution is -2.33. The number of aryl methyl sites for hydroxylation is 2. The Balaban J connectivity index is 1.76. The molecule has 1 fully saturated rings. The fourth-order valence-corrected chi connectivity index (χ4v) is 5.21. The van der Waals surface area contributed by atoms with E-state index in [2.05, 4.69) is 57.2 Å². The van der Waals surface area contributed by atoms with Gasteiger partial charge in [-0.25, -0.2) is 0 Å². The van der Waals surface area contributed by atoms with Gasteiger partial charge in [-0.2, -0.15) is 0 Å². The van der Waals surface area contributed by atoms with Crippen LogP contribution in [0.15, 0.2) is 42.5 Å². The highest BCUT2D eigenvalue weighted by molar-refractivity contribution is 5.66. The van der Waals surface area contributed by atoms with Crippen LogP contribution in [0.5, 0.6) is 5.75 Å². The van der Waals surface area contributed by atoms with Crippen molar-refractivity contribution < 1.29 is 24.9 Å². The Morgan fingerprint density at radius 1 is 1.08 bits per heavy atom. The topological polar surface area (TPSA) is 87.0 Å². The molecule has 36 heavy (non-hydrogen) atoms. The van der Waals surface area contributed by atoms with Crippen LogP contribution in [0.25, 0.3) is 6.08 Å². The van der Waals surface area contributed by atoms with E-state index in [0.717, 1.165) is 49.0 Å². The Morgan fingerprint density at radius 3 is 2.25 bits per heavy atom. The molecule has 2 aromatic carbocycles. The molecule has 5 heteroatoms. The third-order valence-electron chi connectivity index (χ3n) is 7.91. The van der Waals surface area contributed by atoms with Crippen molar-refractivity contribution in [2.45, 2.75) is 96.2 Å². The summed E-state index contributed by atoms with van der Waals surface area (Å²) in [5.41, 5.74) is 5.13. The first kappa shape index (κ1) is 27.9. The minimum Gasteiger partial charge on any atom is -0.491 e. The molecule has 0 spiro atoms. The summed E-state index contributed by atoms with van der Waals surface area (Å²) in [6.45, 7) is 8.76. The van der Waals surface area contributed by atoms with Crippen LogP contribution in [0.2, 0.25) is 0 Å². The zero-order valence-electron chi connectivity index (χ0n) is 22.2. The lowest BCUT2D eigenvalue weighted by atomic mass is 9.70. The maximum atomic E-state index is 10.7. The number of carboxylic acids is 1. The zero-order chi connectivity index (χ0) is 26.3. The number of carboxylic acid groups (broad SMARTS) is 1. The number of benzene rings is 2. The molecular weight excluding hydrogens is 452 g/mol. The van der Waals surface area contributed by atoms with Gasteiger partial charge in [0, 0.05) is 11.8 Å². The largest absolute Gasteiger partial charge is 0.491 e. The Morgan fingerprint density at radius 2 is 1.72 bits per heavy atom. The second kappa shape index (κ2) is 12.1. The van der Waals surface area contributed by atoms with Crippen molar-refractivity contribution in [3.63, 3.8) is 0 Å². The Hall–Kier alpha value is -2.63. The number of aliphatic hydroxyl groups excluding tert-OH is 1. The number of hydrogen-bond acceptors (Lipinski definition) is 4. The number of carbonyl (C=O) groups is 1. The molecule has 1 atom stereocenters. The molecule has 0 heterocycles. The average Bonchev–Trinajstić information content (AvgIpc) is 2.82. The summed E-state index contributed by atoms with van der Waals surface area (Å²) in [4.78, 5) is 10.7. The van der Waals surface area contributed by atoms with E-state index in [1.165, 1.54) is 16.7 Å². The van der Waals surface area contributed by atoms with E-state index in [4.69, 9.17) is 9.84 Å². The van der Waals surface area contributed by atoms with Crippen LogP contribution in [0.3, 0.4) is 0 Å². The fourth-order valence-electron chi connectivity index (χ4n) is 5.21. The van der Waals surface area contributed by atoms with Crippen LogP contribution >= 0.6 is 0 Å². The summed E-state index contributed by atoms with van der Waals surface area (Å²) in [7, 11) is 0. The van der Waals surface area contributed by atoms with Gasteiger partial charge in [-0.15, -0.1) is 0 Å². The lowest BCUT2D eigenvalue weighted by molar-refractivity contribution is -0.137. The van der Waals surface area contributed by atoms with Gasteiger partial charge in [0.25, 0.3) is 0 Å². The molecule has 0 saturated heterocycles. The van der Waals surface area contributed by atoms with Crippen LogP contribution in [0.4, 0.5) is 0 Å². The van der Waals surface area contributed by atoms with Crippen molar-refractivity contribution in [2.75, 3.05) is 6.61 Å². The monoisotopic (exact) mass is 494 g/mol. The number of ether oxygens (including phenoxy) is 1. The molecule has 0 aromatic heterocycles. The Bertz CT molecular complexity index is 1060. The van der Waals surface area contributed by atoms with Crippen molar-refractivity contribution in [1.82, 2.24) is 0 Å². The van der Waals surface area contributed by atoms with Crippen molar-refractivity contribution in [1.29, 1.82) is 0 Å². The molecule has 0 aliphatic heterocycles. The molecule has 1 aliphatic rings. The third kappa shape index (κ3) is 6.57. The average molecular weight is 495 g/mol. The van der Waals surface area contributed by atoms with E-state index in [1.807, 2.05) is 19.1 Å². The summed E-state index contributed by atoms with van der Waals surface area (Å²) in [6, 6.07) is 13.0. The molecular formula is C31H42O5. The summed E-state index contributed by atoms with van der Waals surface area (Å²) in [5.74, 6) is -0.110. The molecule has 0 unspecified atom stereocenters. The van der Waals surface area contributed by atoms with Crippen LogP contribution in [0.1, 0.15) is 93.0 Å². The quantitative estimate of drug-likeness (QED) is 0.303. The van der Waals surface area contributed by atoms with Gasteiger partial charge >= 0.3 is 5.97 Å². The van der Waals surface area contributed by atoms with Crippen molar-refractivity contribution in [3.05, 3.63) is 70.3 Å². The molecule has 1 aliphatic carbocycles. The molecule has 5 nitrogen and oxygen atoms in total. The van der Waals surface area contributed by atoms with E-state index in [0.29, 0.717) is 12.8 Å². The van der Waals surface area contributed by atoms with Gasteiger partial charge in [0.1, 0.15) is 12.4 Å². The van der Waals surface area contributed by atoms with Crippen LogP contribution in [0, 0.1) is 13.8 Å². The van der Waals surface area contributed by atoms with Gasteiger partial charge in [0.05, 0.1) is 11.7 Å². The van der Waals surface area contributed by atoms with Gasteiger partial charge < -0.3 is 20.1 Å². The normalized spacial score (nSPS) is 16.1. The molecule has 0 bridgehead atoms. The van der Waals surface area contributed by atoms with Crippen molar-refractivity contribution in [2.24, 2.45) is 0 Å². The maximum absolute atomic E-state index is 10.7. The predicted molar refractivity (Wildman–Crippen MR) is 145 cm³/mol. The SMILES string of the molecule is CCC(CC)(c1ccc(C=CC2(O)CCC2)c(C)c1)c1ccc(OC[C@H](O)CCCC(=O)O)c(C)c1. The Kier molecular flexibility index (Phi) is 9.37. The standard InChI is InChI=1S/C31H42O5/c1-5-31(6-2,25-12-11-24(22(3)19-25)15-18-30(35)16-8-17-30)26-13-14-28(23(4)20-26)36-21-27(32)9-7-10-29(33)34/h11-15,18-20,27,32,35H,5-10,16-17,21H2,1-4H3,(H,33,34)/t27-/m1/s1. The summed E-state index contributed by atoms with van der Waals surface area (Å²) in [5, 5.41) is 29.3. The molecule has 3 N–H and O–H groups in total. The first-order valence-electron chi connectivity index (χ1n) is 13.3. The highest BCUT2D eigenvalue weighted by Crippen LogP contribution is 2.41. The smallest absolute Gasteiger partial charge is 0.303 e. The van der Waals surface area contributed by atoms with Crippen LogP contribution in [-0.2, 0) is 10.2 Å². The number of aliphatic hydroxyl groups is 2. The van der Waals surface area contributed by atoms with E-state index in [1.54, 1.807) is 0 Å². The van der Waals surface area contributed by atoms with Gasteiger partial charge in [-0.3, -0.25) is 4.79 Å². The minimum atomic E-state index is -0.849. The lowest BCUT2D eigenvalue weighted by Gasteiger charge is -2.34. The molecule has 3 rings (SSSR count). The van der Waals surface area contributed by atoms with Crippen LogP contribution in [-0.4, -0.2) is 39.6 Å². The fraction of sp³-hybridized carbons (Fsp3) is 0.516. The predicted octanol–water partition coefficient (Wildman–Crippen LogP) is 6.33. The second-order valence-corrected chi connectivity index (χ2v) is 10.4. The number of rotatable bonds is 13. The van der Waals surface area contributed by atoms with E-state index >= 15 is 0 Å². The summed E-state index contributed by atoms with van der Waals surface area (Å²) in [6.07, 6.45) is 8.92. The molecule has 0 radical (unpaired) electrons. The van der Waals surface area contributed by atoms with Gasteiger partial charge in [0.2, 0.25) is 0 Å². The van der Waals surface area contributed by atoms with Gasteiger partial charge in [0.15, 0.2) is 0 Å². The Labute approximate surface area is 215 Å². The second-order valence-electron chi connectivity index (χ2n) is 10.4. The third-order valence-corrected chi connectivity index (χ3v) is 7.91. The minimum absolute atomic E-state index is 0.0554. The number of aliphatic carboxylic acids is 1. The highest BCUT2D eigenvalue weighted by atomic mass is 16.5. The van der Waals surface area contributed by atoms with E-state index < -0.39 is 17.7 Å². The van der Waals surface area contributed by atoms with Gasteiger partial charge in [-0.05, 0) is 92.7 Å². The summed E-state index contributed by atoms with van der Waals surface area (Å²) < 4.78 is 5.87. The zero-order valence-corrected chi connectivity index (χ0v) is 22.2. The van der Waals surface area contributed by atoms with E-state index in [9.17, 15) is 15.0 Å². The first-order valence-corrected chi connectivity index (χ1v) is 13.3. The molecule has 0 amide bonds. The highest BCUT2D eigenvalue weighted by Gasteiger charge is 2.32. The first-order chi connectivity index (χ1) is 17.1. The van der Waals surface area contributed by atoms with Crippen molar-refractivity contribution in [3.8, 4) is 5.75 Å². The molecule has 2 aromatic rings. The molecule has 1 saturated carbocycles. The van der Waals surface area contributed by atoms with E-state index in [-0.39, 0.29) is 18.4 Å².